The SMILES string of the molecule is CCCCCNCF. The lowest BCUT2D eigenvalue weighted by Crippen LogP contribution is -2.12. The molecule has 0 saturated carbocycles. The van der Waals surface area contributed by atoms with E-state index in [0.717, 1.165) is 13.0 Å². The summed E-state index contributed by atoms with van der Waals surface area (Å²) in [6, 6.07) is 0. The van der Waals surface area contributed by atoms with Crippen LogP contribution in [0, 0.1) is 0 Å². The normalized spacial score (nSPS) is 9.75. The maximum absolute atomic E-state index is 11.3. The van der Waals surface area contributed by atoms with Crippen molar-refractivity contribution in [3.05, 3.63) is 0 Å². The van der Waals surface area contributed by atoms with Gasteiger partial charge in [0.15, 0.2) is 0 Å². The molecule has 0 spiro atoms. The maximum atomic E-state index is 11.3. The van der Waals surface area contributed by atoms with Crippen molar-refractivity contribution in [1.82, 2.24) is 5.32 Å². The zero-order valence-corrected chi connectivity index (χ0v) is 5.41. The van der Waals surface area contributed by atoms with Gasteiger partial charge in [-0.05, 0) is 13.0 Å². The first-order valence-corrected chi connectivity index (χ1v) is 3.18. The molecular formula is C6H14FN. The van der Waals surface area contributed by atoms with Gasteiger partial charge in [0.2, 0.25) is 0 Å². The molecule has 0 aromatic rings. The van der Waals surface area contributed by atoms with Crippen LogP contribution in [0.15, 0.2) is 0 Å². The fourth-order valence-corrected chi connectivity index (χ4v) is 0.567. The molecule has 0 aromatic carbocycles. The Labute approximate surface area is 50.3 Å². The minimum Gasteiger partial charge on any atom is -0.290 e. The van der Waals surface area contributed by atoms with E-state index in [1.165, 1.54) is 12.8 Å². The van der Waals surface area contributed by atoms with Crippen molar-refractivity contribution in [2.24, 2.45) is 0 Å². The summed E-state index contributed by atoms with van der Waals surface area (Å²) in [5.41, 5.74) is 0. The summed E-state index contributed by atoms with van der Waals surface area (Å²) >= 11 is 0. The molecule has 1 nitrogen and oxygen atoms in total. The number of unbranched alkanes of at least 4 members (excludes halogenated alkanes) is 2. The standard InChI is InChI=1S/C6H14FN/c1-2-3-4-5-8-6-7/h8H,2-6H2,1H3. The van der Waals surface area contributed by atoms with Gasteiger partial charge >= 0.3 is 0 Å². The Kier molecular flexibility index (Phi) is 6.80. The lowest BCUT2D eigenvalue weighted by atomic mass is 10.2. The monoisotopic (exact) mass is 119 g/mol. The van der Waals surface area contributed by atoms with Crippen LogP contribution in [-0.2, 0) is 0 Å². The molecule has 0 radical (unpaired) electrons. The Morgan fingerprint density at radius 1 is 1.38 bits per heavy atom. The topological polar surface area (TPSA) is 12.0 Å². The molecule has 1 N–H and O–H groups in total. The Balaban J connectivity index is 2.53. The quantitative estimate of drug-likeness (QED) is 0.429. The van der Waals surface area contributed by atoms with Gasteiger partial charge in [0.25, 0.3) is 0 Å². The van der Waals surface area contributed by atoms with E-state index in [-0.39, 0.29) is 6.80 Å². The third-order valence-corrected chi connectivity index (χ3v) is 1.05. The molecule has 0 bridgehead atoms. The first kappa shape index (κ1) is 7.89. The van der Waals surface area contributed by atoms with E-state index < -0.39 is 0 Å². The van der Waals surface area contributed by atoms with Crippen LogP contribution in [0.25, 0.3) is 0 Å². The van der Waals surface area contributed by atoms with Gasteiger partial charge in [-0.3, -0.25) is 5.32 Å². The van der Waals surface area contributed by atoms with Crippen molar-refractivity contribution in [2.45, 2.75) is 26.2 Å². The van der Waals surface area contributed by atoms with Gasteiger partial charge in [-0.15, -0.1) is 0 Å². The zero-order valence-electron chi connectivity index (χ0n) is 5.41. The highest BCUT2D eigenvalue weighted by atomic mass is 19.1. The highest BCUT2D eigenvalue weighted by Gasteiger charge is 1.82. The Hall–Kier alpha value is -0.110. The van der Waals surface area contributed by atoms with E-state index in [9.17, 15) is 4.39 Å². The number of alkyl halides is 1. The van der Waals surface area contributed by atoms with Crippen molar-refractivity contribution in [2.75, 3.05) is 13.3 Å². The van der Waals surface area contributed by atoms with E-state index in [1.54, 1.807) is 0 Å². The fourth-order valence-electron chi connectivity index (χ4n) is 0.567. The van der Waals surface area contributed by atoms with Gasteiger partial charge in [-0.1, -0.05) is 19.8 Å². The number of nitrogens with one attached hydrogen (secondary N) is 1. The number of rotatable bonds is 5. The van der Waals surface area contributed by atoms with Crippen LogP contribution in [0.1, 0.15) is 26.2 Å². The van der Waals surface area contributed by atoms with Crippen molar-refractivity contribution in [3.63, 3.8) is 0 Å². The average Bonchev–Trinajstić information content (AvgIpc) is 1.81. The van der Waals surface area contributed by atoms with Crippen LogP contribution in [0.3, 0.4) is 0 Å². The molecule has 0 aliphatic heterocycles. The molecular weight excluding hydrogens is 105 g/mol. The van der Waals surface area contributed by atoms with Crippen molar-refractivity contribution >= 4 is 0 Å². The van der Waals surface area contributed by atoms with Crippen LogP contribution in [-0.4, -0.2) is 13.3 Å². The highest BCUT2D eigenvalue weighted by Crippen LogP contribution is 1.90. The molecule has 50 valence electrons. The van der Waals surface area contributed by atoms with Crippen LogP contribution >= 0.6 is 0 Å². The van der Waals surface area contributed by atoms with Crippen LogP contribution in [0.4, 0.5) is 4.39 Å². The number of hydrogen-bond acceptors (Lipinski definition) is 1. The summed E-state index contributed by atoms with van der Waals surface area (Å²) in [5.74, 6) is 0. The molecule has 8 heavy (non-hydrogen) atoms. The minimum absolute atomic E-state index is 0.385. The molecule has 0 fully saturated rings. The van der Waals surface area contributed by atoms with Gasteiger partial charge in [-0.25, -0.2) is 4.39 Å². The van der Waals surface area contributed by atoms with Gasteiger partial charge in [-0.2, -0.15) is 0 Å². The lowest BCUT2D eigenvalue weighted by molar-refractivity contribution is 0.420. The highest BCUT2D eigenvalue weighted by molar-refractivity contribution is 4.40. The molecule has 0 rings (SSSR count). The summed E-state index contributed by atoms with van der Waals surface area (Å²) in [6.07, 6.45) is 3.50. The van der Waals surface area contributed by atoms with Gasteiger partial charge in [0.05, 0.1) is 0 Å². The van der Waals surface area contributed by atoms with Crippen molar-refractivity contribution in [1.29, 1.82) is 0 Å². The second-order valence-electron chi connectivity index (χ2n) is 1.84. The molecule has 0 saturated heterocycles. The van der Waals surface area contributed by atoms with Crippen molar-refractivity contribution < 1.29 is 4.39 Å². The fraction of sp³-hybridized carbons (Fsp3) is 1.00. The second-order valence-corrected chi connectivity index (χ2v) is 1.84. The zero-order chi connectivity index (χ0) is 6.24. The van der Waals surface area contributed by atoms with E-state index >= 15 is 0 Å². The Morgan fingerprint density at radius 2 is 2.12 bits per heavy atom. The van der Waals surface area contributed by atoms with Crippen LogP contribution in [0.5, 0.6) is 0 Å². The van der Waals surface area contributed by atoms with Gasteiger partial charge in [0, 0.05) is 0 Å². The van der Waals surface area contributed by atoms with E-state index in [1.807, 2.05) is 0 Å². The Morgan fingerprint density at radius 3 is 2.62 bits per heavy atom. The first-order valence-electron chi connectivity index (χ1n) is 3.18. The molecule has 0 atom stereocenters. The van der Waals surface area contributed by atoms with E-state index in [0.29, 0.717) is 0 Å². The summed E-state index contributed by atoms with van der Waals surface area (Å²) in [7, 11) is 0. The predicted octanol–water partition coefficient (Wildman–Crippen LogP) is 1.69. The summed E-state index contributed by atoms with van der Waals surface area (Å²) < 4.78 is 11.3. The maximum Gasteiger partial charge on any atom is 0.140 e. The lowest BCUT2D eigenvalue weighted by Gasteiger charge is -1.95. The predicted molar refractivity (Wildman–Crippen MR) is 33.5 cm³/mol. The molecule has 0 heterocycles. The first-order chi connectivity index (χ1) is 3.91. The summed E-state index contributed by atoms with van der Waals surface area (Å²) in [4.78, 5) is 0. The molecule has 0 aromatic heterocycles. The van der Waals surface area contributed by atoms with Gasteiger partial charge < -0.3 is 0 Å². The molecule has 2 heteroatoms. The largest absolute Gasteiger partial charge is 0.290 e. The average molecular weight is 119 g/mol. The summed E-state index contributed by atoms with van der Waals surface area (Å²) in [6.45, 7) is 2.57. The third-order valence-electron chi connectivity index (χ3n) is 1.05. The van der Waals surface area contributed by atoms with Gasteiger partial charge in [0.1, 0.15) is 6.80 Å². The minimum atomic E-state index is -0.385. The molecule has 0 amide bonds. The molecule has 0 aliphatic rings. The Bertz CT molecular complexity index is 33.5. The van der Waals surface area contributed by atoms with E-state index in [2.05, 4.69) is 12.2 Å². The summed E-state index contributed by atoms with van der Waals surface area (Å²) in [5, 5.41) is 2.62. The van der Waals surface area contributed by atoms with Crippen molar-refractivity contribution in [3.8, 4) is 0 Å². The van der Waals surface area contributed by atoms with E-state index in [4.69, 9.17) is 0 Å². The van der Waals surface area contributed by atoms with Crippen LogP contribution in [0.2, 0.25) is 0 Å². The molecule has 0 aliphatic carbocycles. The molecule has 0 unspecified atom stereocenters. The number of halogens is 1. The smallest absolute Gasteiger partial charge is 0.140 e. The number of hydrogen-bond donors (Lipinski definition) is 1. The van der Waals surface area contributed by atoms with Crippen LogP contribution < -0.4 is 5.32 Å². The third kappa shape index (κ3) is 5.89. The second kappa shape index (κ2) is 6.89.